The smallest absolute Gasteiger partial charge is 0.263 e. The van der Waals surface area contributed by atoms with Crippen molar-refractivity contribution in [3.8, 4) is 28.1 Å². The topological polar surface area (TPSA) is 81.2 Å². The summed E-state index contributed by atoms with van der Waals surface area (Å²) in [4.78, 5) is 4.57. The van der Waals surface area contributed by atoms with E-state index < -0.39 is 21.7 Å². The van der Waals surface area contributed by atoms with Crippen molar-refractivity contribution >= 4 is 38.1 Å². The number of benzene rings is 3. The second kappa shape index (κ2) is 9.05. The Bertz CT molecular complexity index is 1660. The SMILES string of the molecule is COc1cc(-c2cccc(F)c2F)ccc1-c1nccc2cc(S(=O)(=O)Nc3ccsn3)ccc12. The van der Waals surface area contributed by atoms with Crippen LogP contribution in [0.3, 0.4) is 0 Å². The molecule has 10 heteroatoms. The molecule has 0 aliphatic rings. The molecule has 1 N–H and O–H groups in total. The van der Waals surface area contributed by atoms with Gasteiger partial charge in [-0.1, -0.05) is 24.3 Å². The lowest BCUT2D eigenvalue weighted by atomic mass is 9.98. The first-order valence-electron chi connectivity index (χ1n) is 10.3. The maximum absolute atomic E-state index is 14.3. The van der Waals surface area contributed by atoms with E-state index in [4.69, 9.17) is 4.74 Å². The van der Waals surface area contributed by atoms with Crippen LogP contribution in [0.2, 0.25) is 0 Å². The monoisotopic (exact) mass is 509 g/mol. The molecule has 0 aliphatic carbocycles. The first-order valence-corrected chi connectivity index (χ1v) is 12.6. The predicted molar refractivity (Wildman–Crippen MR) is 132 cm³/mol. The molecule has 2 aromatic heterocycles. The van der Waals surface area contributed by atoms with Crippen molar-refractivity contribution in [2.24, 2.45) is 0 Å². The molecule has 35 heavy (non-hydrogen) atoms. The predicted octanol–water partition coefficient (Wildman–Crippen LogP) is 6.11. The molecule has 5 aromatic rings. The largest absolute Gasteiger partial charge is 0.496 e. The molecule has 0 saturated heterocycles. The summed E-state index contributed by atoms with van der Waals surface area (Å²) < 4.78 is 65.6. The molecule has 0 aliphatic heterocycles. The zero-order valence-electron chi connectivity index (χ0n) is 18.2. The van der Waals surface area contributed by atoms with E-state index >= 15 is 0 Å². The molecule has 0 fully saturated rings. The summed E-state index contributed by atoms with van der Waals surface area (Å²) >= 11 is 1.15. The van der Waals surface area contributed by atoms with E-state index in [9.17, 15) is 17.2 Å². The number of nitrogens with one attached hydrogen (secondary N) is 1. The van der Waals surface area contributed by atoms with Gasteiger partial charge in [0.2, 0.25) is 0 Å². The Hall–Kier alpha value is -3.89. The lowest BCUT2D eigenvalue weighted by Gasteiger charge is -2.14. The van der Waals surface area contributed by atoms with Gasteiger partial charge in [-0.3, -0.25) is 9.71 Å². The van der Waals surface area contributed by atoms with Crippen LogP contribution in [0, 0.1) is 11.6 Å². The molecule has 0 amide bonds. The maximum atomic E-state index is 14.3. The molecule has 176 valence electrons. The van der Waals surface area contributed by atoms with E-state index in [1.165, 1.54) is 25.3 Å². The van der Waals surface area contributed by atoms with Crippen LogP contribution >= 0.6 is 11.5 Å². The summed E-state index contributed by atoms with van der Waals surface area (Å²) in [6.07, 6.45) is 1.57. The van der Waals surface area contributed by atoms with Crippen LogP contribution in [0.5, 0.6) is 5.75 Å². The zero-order chi connectivity index (χ0) is 24.6. The van der Waals surface area contributed by atoms with E-state index in [2.05, 4.69) is 14.1 Å². The Labute approximate surface area is 204 Å². The van der Waals surface area contributed by atoms with Gasteiger partial charge in [0.15, 0.2) is 17.5 Å². The Morgan fingerprint density at radius 2 is 1.83 bits per heavy atom. The van der Waals surface area contributed by atoms with Crippen molar-refractivity contribution in [3.63, 3.8) is 0 Å². The number of hydrogen-bond donors (Lipinski definition) is 1. The first kappa shape index (κ1) is 22.9. The number of rotatable bonds is 6. The number of ether oxygens (including phenoxy) is 1. The number of methoxy groups -OCH3 is 1. The van der Waals surface area contributed by atoms with Gasteiger partial charge >= 0.3 is 0 Å². The Balaban J connectivity index is 1.57. The van der Waals surface area contributed by atoms with Gasteiger partial charge in [0.1, 0.15) is 5.75 Å². The lowest BCUT2D eigenvalue weighted by molar-refractivity contribution is 0.416. The maximum Gasteiger partial charge on any atom is 0.263 e. The van der Waals surface area contributed by atoms with Gasteiger partial charge in [0, 0.05) is 28.1 Å². The summed E-state index contributed by atoms with van der Waals surface area (Å²) in [5.74, 6) is -1.21. The number of hydrogen-bond acceptors (Lipinski definition) is 6. The van der Waals surface area contributed by atoms with E-state index in [1.807, 2.05) is 0 Å². The highest BCUT2D eigenvalue weighted by Gasteiger charge is 2.19. The molecular weight excluding hydrogens is 492 g/mol. The van der Waals surface area contributed by atoms with E-state index in [0.717, 1.165) is 17.6 Å². The third kappa shape index (κ3) is 4.33. The van der Waals surface area contributed by atoms with Gasteiger partial charge in [-0.05, 0) is 64.9 Å². The minimum Gasteiger partial charge on any atom is -0.496 e. The minimum atomic E-state index is -3.83. The lowest BCUT2D eigenvalue weighted by Crippen LogP contribution is -2.13. The van der Waals surface area contributed by atoms with Crippen molar-refractivity contribution in [3.05, 3.63) is 89.9 Å². The third-order valence-corrected chi connectivity index (χ3v) is 7.35. The van der Waals surface area contributed by atoms with Gasteiger partial charge in [0.05, 0.1) is 17.7 Å². The highest BCUT2D eigenvalue weighted by molar-refractivity contribution is 7.92. The normalized spacial score (nSPS) is 11.5. The Morgan fingerprint density at radius 1 is 0.971 bits per heavy atom. The van der Waals surface area contributed by atoms with Crippen LogP contribution in [0.1, 0.15) is 0 Å². The average Bonchev–Trinajstić information content (AvgIpc) is 3.37. The molecular formula is C25H17F2N3O3S2. The molecule has 0 bridgehead atoms. The molecule has 0 saturated carbocycles. The molecule has 6 nitrogen and oxygen atoms in total. The number of fused-ring (bicyclic) bond motifs is 1. The van der Waals surface area contributed by atoms with Crippen molar-refractivity contribution in [1.82, 2.24) is 9.36 Å². The number of aromatic nitrogens is 2. The minimum absolute atomic E-state index is 0.0824. The highest BCUT2D eigenvalue weighted by Crippen LogP contribution is 2.37. The zero-order valence-corrected chi connectivity index (χ0v) is 19.8. The number of halogens is 2. The number of nitrogens with zero attached hydrogens (tertiary/aromatic N) is 2. The summed E-state index contributed by atoms with van der Waals surface area (Å²) in [5.41, 5.74) is 1.74. The fourth-order valence-electron chi connectivity index (χ4n) is 3.78. The molecule has 0 atom stereocenters. The van der Waals surface area contributed by atoms with Crippen LogP contribution in [0.25, 0.3) is 33.2 Å². The molecule has 2 heterocycles. The van der Waals surface area contributed by atoms with Gasteiger partial charge in [-0.15, -0.1) is 0 Å². The molecule has 0 unspecified atom stereocenters. The van der Waals surface area contributed by atoms with Crippen molar-refractivity contribution in [2.45, 2.75) is 4.90 Å². The van der Waals surface area contributed by atoms with Crippen LogP contribution in [-0.2, 0) is 10.0 Å². The molecule has 5 rings (SSSR count). The van der Waals surface area contributed by atoms with Gasteiger partial charge in [-0.25, -0.2) is 17.2 Å². The number of sulfonamides is 1. The van der Waals surface area contributed by atoms with Crippen molar-refractivity contribution in [2.75, 3.05) is 11.8 Å². The fourth-order valence-corrected chi connectivity index (χ4v) is 5.35. The Morgan fingerprint density at radius 3 is 2.60 bits per heavy atom. The summed E-state index contributed by atoms with van der Waals surface area (Å²) in [6, 6.07) is 17.0. The van der Waals surface area contributed by atoms with Crippen molar-refractivity contribution in [1.29, 1.82) is 0 Å². The van der Waals surface area contributed by atoms with Crippen LogP contribution in [0.15, 0.2) is 83.2 Å². The van der Waals surface area contributed by atoms with E-state index in [0.29, 0.717) is 33.3 Å². The summed E-state index contributed by atoms with van der Waals surface area (Å²) in [7, 11) is -2.35. The van der Waals surface area contributed by atoms with E-state index in [-0.39, 0.29) is 16.3 Å². The molecule has 0 spiro atoms. The highest BCUT2D eigenvalue weighted by atomic mass is 32.2. The van der Waals surface area contributed by atoms with Crippen molar-refractivity contribution < 1.29 is 21.9 Å². The van der Waals surface area contributed by atoms with Gasteiger partial charge in [0.25, 0.3) is 10.0 Å². The second-order valence-corrected chi connectivity index (χ2v) is 9.90. The van der Waals surface area contributed by atoms with E-state index in [1.54, 1.807) is 54.0 Å². The van der Waals surface area contributed by atoms with Crippen LogP contribution in [0.4, 0.5) is 14.6 Å². The third-order valence-electron chi connectivity index (χ3n) is 5.44. The van der Waals surface area contributed by atoms with Gasteiger partial charge in [-0.2, -0.15) is 4.37 Å². The molecule has 0 radical (unpaired) electrons. The number of pyridine rings is 1. The quantitative estimate of drug-likeness (QED) is 0.299. The number of anilines is 1. The van der Waals surface area contributed by atoms with Crippen LogP contribution in [-0.4, -0.2) is 24.9 Å². The molecule has 3 aromatic carbocycles. The Kier molecular flexibility index (Phi) is 5.91. The first-order chi connectivity index (χ1) is 16.9. The van der Waals surface area contributed by atoms with Gasteiger partial charge < -0.3 is 4.74 Å². The van der Waals surface area contributed by atoms with Crippen LogP contribution < -0.4 is 9.46 Å². The summed E-state index contributed by atoms with van der Waals surface area (Å²) in [5, 5.41) is 3.03. The fraction of sp³-hybridized carbons (Fsp3) is 0.0400. The summed E-state index contributed by atoms with van der Waals surface area (Å²) in [6.45, 7) is 0. The average molecular weight is 510 g/mol. The standard InChI is InChI=1S/C25H17F2N3O3S2/c1-33-22-14-15(18-3-2-4-21(26)24(18)27)5-7-20(22)25-19-8-6-17(13-16(19)9-11-28-25)35(31,32)30-23-10-12-34-29-23/h2-14H,1H3,(H,29,30). The second-order valence-electron chi connectivity index (χ2n) is 7.55.